The summed E-state index contributed by atoms with van der Waals surface area (Å²) in [5.74, 6) is 1.55. The molecule has 0 amide bonds. The molecular formula is C12H15N3O2S. The molecule has 0 saturated carbocycles. The summed E-state index contributed by atoms with van der Waals surface area (Å²) in [5, 5.41) is 9.76. The molecule has 0 saturated heterocycles. The van der Waals surface area contributed by atoms with Crippen LogP contribution in [0, 0.1) is 6.92 Å². The standard InChI is InChI=1S/C12H15N3O2S/c1-7-9(16-2)5-4-8(11(7)17-3)12-15-14-10(6-13)18-12/h4-5H,6,13H2,1-3H3. The Hall–Kier alpha value is -1.66. The monoisotopic (exact) mass is 265 g/mol. The Labute approximate surface area is 110 Å². The summed E-state index contributed by atoms with van der Waals surface area (Å²) in [7, 11) is 3.27. The van der Waals surface area contributed by atoms with Crippen LogP contribution in [-0.4, -0.2) is 24.4 Å². The van der Waals surface area contributed by atoms with Gasteiger partial charge in [0.2, 0.25) is 0 Å². The summed E-state index contributed by atoms with van der Waals surface area (Å²) < 4.78 is 10.7. The molecule has 1 heterocycles. The molecule has 2 N–H and O–H groups in total. The van der Waals surface area contributed by atoms with Crippen LogP contribution >= 0.6 is 11.3 Å². The number of nitrogens with zero attached hydrogens (tertiary/aromatic N) is 2. The first-order chi connectivity index (χ1) is 8.71. The molecule has 0 aliphatic carbocycles. The number of aromatic nitrogens is 2. The highest BCUT2D eigenvalue weighted by Gasteiger charge is 2.16. The highest BCUT2D eigenvalue weighted by atomic mass is 32.1. The topological polar surface area (TPSA) is 70.3 Å². The van der Waals surface area contributed by atoms with E-state index in [0.29, 0.717) is 6.54 Å². The number of hydrogen-bond acceptors (Lipinski definition) is 6. The lowest BCUT2D eigenvalue weighted by molar-refractivity contribution is 0.390. The lowest BCUT2D eigenvalue weighted by atomic mass is 10.1. The number of nitrogens with two attached hydrogens (primary N) is 1. The first-order valence-corrected chi connectivity index (χ1v) is 6.27. The van der Waals surface area contributed by atoms with E-state index in [9.17, 15) is 0 Å². The van der Waals surface area contributed by atoms with Crippen molar-refractivity contribution in [3.05, 3.63) is 22.7 Å². The minimum absolute atomic E-state index is 0.398. The fraction of sp³-hybridized carbons (Fsp3) is 0.333. The van der Waals surface area contributed by atoms with Gasteiger partial charge in [-0.2, -0.15) is 0 Å². The predicted octanol–water partition coefficient (Wildman–Crippen LogP) is 1.99. The van der Waals surface area contributed by atoms with Crippen LogP contribution in [0.1, 0.15) is 10.6 Å². The molecule has 18 heavy (non-hydrogen) atoms. The number of methoxy groups -OCH3 is 2. The van der Waals surface area contributed by atoms with Gasteiger partial charge in [0.1, 0.15) is 16.5 Å². The highest BCUT2D eigenvalue weighted by molar-refractivity contribution is 7.14. The van der Waals surface area contributed by atoms with Crippen LogP contribution in [0.25, 0.3) is 10.6 Å². The largest absolute Gasteiger partial charge is 0.496 e. The Bertz CT molecular complexity index is 554. The second-order valence-corrected chi connectivity index (χ2v) is 4.74. The summed E-state index contributed by atoms with van der Waals surface area (Å²) in [5.41, 5.74) is 7.40. The van der Waals surface area contributed by atoms with Crippen molar-refractivity contribution >= 4 is 11.3 Å². The molecular weight excluding hydrogens is 250 g/mol. The van der Waals surface area contributed by atoms with Gasteiger partial charge in [0.15, 0.2) is 5.01 Å². The maximum absolute atomic E-state index is 5.54. The number of rotatable bonds is 4. The second kappa shape index (κ2) is 5.32. The number of hydrogen-bond donors (Lipinski definition) is 1. The second-order valence-electron chi connectivity index (χ2n) is 3.68. The molecule has 0 spiro atoms. The smallest absolute Gasteiger partial charge is 0.151 e. The van der Waals surface area contributed by atoms with Gasteiger partial charge in [-0.3, -0.25) is 0 Å². The molecule has 0 aliphatic heterocycles. The zero-order valence-corrected chi connectivity index (χ0v) is 11.4. The molecule has 0 radical (unpaired) electrons. The summed E-state index contributed by atoms with van der Waals surface area (Å²) in [6, 6.07) is 3.82. The van der Waals surface area contributed by atoms with E-state index in [2.05, 4.69) is 10.2 Å². The molecule has 6 heteroatoms. The third kappa shape index (κ3) is 2.16. The Morgan fingerprint density at radius 3 is 2.56 bits per heavy atom. The summed E-state index contributed by atoms with van der Waals surface area (Å²) >= 11 is 1.47. The molecule has 5 nitrogen and oxygen atoms in total. The Kier molecular flexibility index (Phi) is 3.78. The third-order valence-corrected chi connectivity index (χ3v) is 3.63. The van der Waals surface area contributed by atoms with Crippen LogP contribution in [0.15, 0.2) is 12.1 Å². The van der Waals surface area contributed by atoms with Crippen molar-refractivity contribution in [3.8, 4) is 22.1 Å². The lowest BCUT2D eigenvalue weighted by Crippen LogP contribution is -1.95. The van der Waals surface area contributed by atoms with Crippen molar-refractivity contribution < 1.29 is 9.47 Å². The molecule has 1 aromatic carbocycles. The molecule has 96 valence electrons. The maximum atomic E-state index is 5.54. The Morgan fingerprint density at radius 2 is 2.00 bits per heavy atom. The van der Waals surface area contributed by atoms with E-state index < -0.39 is 0 Å². The molecule has 0 atom stereocenters. The average molecular weight is 265 g/mol. The van der Waals surface area contributed by atoms with Crippen LogP contribution in [0.2, 0.25) is 0 Å². The van der Waals surface area contributed by atoms with Crippen molar-refractivity contribution in [2.24, 2.45) is 5.73 Å². The predicted molar refractivity (Wildman–Crippen MR) is 71.1 cm³/mol. The molecule has 0 fully saturated rings. The van der Waals surface area contributed by atoms with E-state index in [1.165, 1.54) is 11.3 Å². The first kappa shape index (κ1) is 12.8. The molecule has 1 aromatic heterocycles. The van der Waals surface area contributed by atoms with Gasteiger partial charge in [-0.15, -0.1) is 10.2 Å². The molecule has 0 unspecified atom stereocenters. The van der Waals surface area contributed by atoms with Crippen LogP contribution < -0.4 is 15.2 Å². The molecule has 2 aromatic rings. The normalized spacial score (nSPS) is 10.4. The van der Waals surface area contributed by atoms with Gasteiger partial charge in [-0.1, -0.05) is 11.3 Å². The molecule has 0 aliphatic rings. The fourth-order valence-electron chi connectivity index (χ4n) is 1.77. The van der Waals surface area contributed by atoms with Gasteiger partial charge in [-0.25, -0.2) is 0 Å². The molecule has 2 rings (SSSR count). The van der Waals surface area contributed by atoms with Gasteiger partial charge in [0, 0.05) is 12.1 Å². The van der Waals surface area contributed by atoms with Crippen LogP contribution in [0.3, 0.4) is 0 Å². The van der Waals surface area contributed by atoms with E-state index in [1.807, 2.05) is 19.1 Å². The SMILES string of the molecule is COc1ccc(-c2nnc(CN)s2)c(OC)c1C. The minimum atomic E-state index is 0.398. The Balaban J connectivity index is 2.53. The van der Waals surface area contributed by atoms with Crippen molar-refractivity contribution in [1.82, 2.24) is 10.2 Å². The van der Waals surface area contributed by atoms with Crippen molar-refractivity contribution in [2.75, 3.05) is 14.2 Å². The van der Waals surface area contributed by atoms with Gasteiger partial charge >= 0.3 is 0 Å². The maximum Gasteiger partial charge on any atom is 0.151 e. The number of benzene rings is 1. The first-order valence-electron chi connectivity index (χ1n) is 5.45. The van der Waals surface area contributed by atoms with E-state index in [-0.39, 0.29) is 0 Å². The highest BCUT2D eigenvalue weighted by Crippen LogP contribution is 2.38. The average Bonchev–Trinajstić information content (AvgIpc) is 2.87. The van der Waals surface area contributed by atoms with E-state index in [0.717, 1.165) is 32.6 Å². The van der Waals surface area contributed by atoms with Gasteiger partial charge in [0.05, 0.1) is 19.8 Å². The third-order valence-electron chi connectivity index (χ3n) is 2.65. The quantitative estimate of drug-likeness (QED) is 0.915. The van der Waals surface area contributed by atoms with E-state index in [1.54, 1.807) is 14.2 Å². The van der Waals surface area contributed by atoms with Gasteiger partial charge in [-0.05, 0) is 19.1 Å². The van der Waals surface area contributed by atoms with Gasteiger partial charge < -0.3 is 15.2 Å². The molecule has 0 bridgehead atoms. The van der Waals surface area contributed by atoms with Crippen LogP contribution in [-0.2, 0) is 6.54 Å². The van der Waals surface area contributed by atoms with E-state index in [4.69, 9.17) is 15.2 Å². The minimum Gasteiger partial charge on any atom is -0.496 e. The summed E-state index contributed by atoms with van der Waals surface area (Å²) in [6.07, 6.45) is 0. The summed E-state index contributed by atoms with van der Waals surface area (Å²) in [6.45, 7) is 2.35. The van der Waals surface area contributed by atoms with Gasteiger partial charge in [0.25, 0.3) is 0 Å². The fourth-order valence-corrected chi connectivity index (χ4v) is 2.51. The van der Waals surface area contributed by atoms with Crippen LogP contribution in [0.4, 0.5) is 0 Å². The Morgan fingerprint density at radius 1 is 1.22 bits per heavy atom. The van der Waals surface area contributed by atoms with Crippen LogP contribution in [0.5, 0.6) is 11.5 Å². The van der Waals surface area contributed by atoms with Crippen molar-refractivity contribution in [2.45, 2.75) is 13.5 Å². The zero-order chi connectivity index (χ0) is 13.1. The summed E-state index contributed by atoms with van der Waals surface area (Å²) in [4.78, 5) is 0. The van der Waals surface area contributed by atoms with E-state index >= 15 is 0 Å². The van der Waals surface area contributed by atoms with Crippen molar-refractivity contribution in [1.29, 1.82) is 0 Å². The lowest BCUT2D eigenvalue weighted by Gasteiger charge is -2.12. The van der Waals surface area contributed by atoms with Crippen molar-refractivity contribution in [3.63, 3.8) is 0 Å². The number of ether oxygens (including phenoxy) is 2. The zero-order valence-electron chi connectivity index (χ0n) is 10.6.